The van der Waals surface area contributed by atoms with E-state index < -0.39 is 0 Å². The van der Waals surface area contributed by atoms with E-state index in [2.05, 4.69) is 31.1 Å². The lowest BCUT2D eigenvalue weighted by atomic mass is 10.0. The number of hydrogen-bond acceptors (Lipinski definition) is 4. The summed E-state index contributed by atoms with van der Waals surface area (Å²) in [6.07, 6.45) is 2.68. The summed E-state index contributed by atoms with van der Waals surface area (Å²) >= 11 is 9.14. The Morgan fingerprint density at radius 2 is 2.00 bits per heavy atom. The van der Waals surface area contributed by atoms with Crippen molar-refractivity contribution in [3.8, 4) is 11.3 Å². The van der Waals surface area contributed by atoms with Crippen molar-refractivity contribution < 1.29 is 9.15 Å². The van der Waals surface area contributed by atoms with Gasteiger partial charge < -0.3 is 19.4 Å². The van der Waals surface area contributed by atoms with Crippen molar-refractivity contribution in [2.24, 2.45) is 0 Å². The molecule has 4 rings (SSSR count). The molecule has 0 bridgehead atoms. The topological polar surface area (TPSA) is 50.5 Å². The molecule has 0 saturated carbocycles. The summed E-state index contributed by atoms with van der Waals surface area (Å²) in [5.41, 5.74) is 1.98. The number of ether oxygens (including phenoxy) is 1. The van der Waals surface area contributed by atoms with Gasteiger partial charge in [0.15, 0.2) is 5.11 Å². The van der Waals surface area contributed by atoms with Crippen molar-refractivity contribution in [3.63, 3.8) is 0 Å². The van der Waals surface area contributed by atoms with Gasteiger partial charge in [-0.2, -0.15) is 0 Å². The summed E-state index contributed by atoms with van der Waals surface area (Å²) in [7, 11) is 1.71. The van der Waals surface area contributed by atoms with E-state index >= 15 is 0 Å². The number of rotatable bonds is 7. The molecule has 5 nitrogen and oxygen atoms in total. The number of thiocarbonyl (C=S) groups is 1. The molecule has 1 aliphatic heterocycles. The average molecular weight is 472 g/mol. The van der Waals surface area contributed by atoms with Crippen LogP contribution in [0.15, 0.2) is 69.7 Å². The van der Waals surface area contributed by atoms with Crippen LogP contribution in [0.5, 0.6) is 0 Å². The highest BCUT2D eigenvalue weighted by Gasteiger charge is 2.41. The van der Waals surface area contributed by atoms with Crippen molar-refractivity contribution >= 4 is 33.3 Å². The number of methoxy groups -OCH3 is 1. The van der Waals surface area contributed by atoms with Crippen LogP contribution in [-0.4, -0.2) is 35.3 Å². The first kappa shape index (κ1) is 20.1. The van der Waals surface area contributed by atoms with Crippen LogP contribution in [0, 0.1) is 0 Å². The van der Waals surface area contributed by atoms with Gasteiger partial charge in [0.05, 0.1) is 11.7 Å². The maximum absolute atomic E-state index is 6.31. The highest BCUT2D eigenvalue weighted by atomic mass is 79.9. The second-order valence-electron chi connectivity index (χ2n) is 6.88. The minimum absolute atomic E-state index is 0.0709. The smallest absolute Gasteiger partial charge is 0.170 e. The zero-order chi connectivity index (χ0) is 20.2. The standard InChI is InChI=1S/C22H22BrN3O2S/c1-27-14-4-13-26-21(20(25-22(26)29)17-5-2-3-12-24-17)19-11-10-18(28-19)15-6-8-16(23)9-7-15/h2-3,5-12,20-21H,4,13-14H2,1H3,(H,25,29). The Bertz CT molecular complexity index is 962. The summed E-state index contributed by atoms with van der Waals surface area (Å²) in [4.78, 5) is 6.73. The second-order valence-corrected chi connectivity index (χ2v) is 8.18. The Kier molecular flexibility index (Phi) is 6.28. The Morgan fingerprint density at radius 1 is 1.17 bits per heavy atom. The van der Waals surface area contributed by atoms with E-state index in [0.717, 1.165) is 40.2 Å². The minimum atomic E-state index is -0.0739. The molecular formula is C22H22BrN3O2S. The maximum Gasteiger partial charge on any atom is 0.170 e. The predicted molar refractivity (Wildman–Crippen MR) is 120 cm³/mol. The molecule has 0 amide bonds. The first-order valence-corrected chi connectivity index (χ1v) is 10.7. The molecule has 1 saturated heterocycles. The molecule has 2 unspecified atom stereocenters. The molecule has 3 aromatic rings. The molecule has 1 N–H and O–H groups in total. The average Bonchev–Trinajstić information content (AvgIpc) is 3.34. The Labute approximate surface area is 184 Å². The molecule has 0 spiro atoms. The Hall–Kier alpha value is -2.22. The molecule has 29 heavy (non-hydrogen) atoms. The fourth-order valence-corrected chi connectivity index (χ4v) is 4.21. The van der Waals surface area contributed by atoms with E-state index in [0.29, 0.717) is 11.7 Å². The van der Waals surface area contributed by atoms with Crippen molar-refractivity contribution in [1.29, 1.82) is 0 Å². The molecule has 7 heteroatoms. The summed E-state index contributed by atoms with van der Waals surface area (Å²) in [5, 5.41) is 4.15. The lowest BCUT2D eigenvalue weighted by Crippen LogP contribution is -2.31. The van der Waals surface area contributed by atoms with Gasteiger partial charge in [-0.3, -0.25) is 4.98 Å². The van der Waals surface area contributed by atoms with Gasteiger partial charge in [0.1, 0.15) is 17.6 Å². The molecule has 2 aromatic heterocycles. The van der Waals surface area contributed by atoms with Crippen molar-refractivity contribution in [2.75, 3.05) is 20.3 Å². The highest BCUT2D eigenvalue weighted by molar-refractivity contribution is 9.10. The van der Waals surface area contributed by atoms with Crippen LogP contribution < -0.4 is 5.32 Å². The molecule has 3 heterocycles. The molecule has 0 radical (unpaired) electrons. The van der Waals surface area contributed by atoms with E-state index in [4.69, 9.17) is 21.4 Å². The van der Waals surface area contributed by atoms with Crippen LogP contribution in [0.1, 0.15) is 30.0 Å². The number of pyridine rings is 1. The fraction of sp³-hybridized carbons (Fsp3) is 0.273. The zero-order valence-electron chi connectivity index (χ0n) is 16.0. The summed E-state index contributed by atoms with van der Waals surface area (Å²) in [6, 6.07) is 17.9. The van der Waals surface area contributed by atoms with Crippen LogP contribution in [0.2, 0.25) is 0 Å². The number of halogens is 1. The van der Waals surface area contributed by atoms with Crippen LogP contribution in [0.25, 0.3) is 11.3 Å². The molecule has 1 fully saturated rings. The lowest BCUT2D eigenvalue weighted by molar-refractivity contribution is 0.177. The lowest BCUT2D eigenvalue weighted by Gasteiger charge is -2.25. The van der Waals surface area contributed by atoms with Gasteiger partial charge in [-0.15, -0.1) is 0 Å². The van der Waals surface area contributed by atoms with E-state index in [-0.39, 0.29) is 12.1 Å². The Balaban J connectivity index is 1.67. The normalized spacial score (nSPS) is 18.8. The maximum atomic E-state index is 6.31. The zero-order valence-corrected chi connectivity index (χ0v) is 18.4. The van der Waals surface area contributed by atoms with Crippen LogP contribution in [0.3, 0.4) is 0 Å². The van der Waals surface area contributed by atoms with Crippen LogP contribution in [0.4, 0.5) is 0 Å². The summed E-state index contributed by atoms with van der Waals surface area (Å²) in [5.74, 6) is 1.70. The number of aromatic nitrogens is 1. The van der Waals surface area contributed by atoms with Gasteiger partial charge in [0, 0.05) is 36.5 Å². The SMILES string of the molecule is COCCCN1C(=S)NC(c2ccccn2)C1c1ccc(-c2ccc(Br)cc2)o1. The first-order chi connectivity index (χ1) is 14.2. The summed E-state index contributed by atoms with van der Waals surface area (Å²) in [6.45, 7) is 1.46. The number of nitrogens with zero attached hydrogens (tertiary/aromatic N) is 2. The van der Waals surface area contributed by atoms with E-state index in [1.165, 1.54) is 0 Å². The molecule has 150 valence electrons. The van der Waals surface area contributed by atoms with Gasteiger partial charge in [0.25, 0.3) is 0 Å². The monoisotopic (exact) mass is 471 g/mol. The van der Waals surface area contributed by atoms with Gasteiger partial charge in [-0.25, -0.2) is 0 Å². The van der Waals surface area contributed by atoms with Gasteiger partial charge in [0.2, 0.25) is 0 Å². The first-order valence-electron chi connectivity index (χ1n) is 9.50. The number of benzene rings is 1. The third kappa shape index (κ3) is 4.37. The molecule has 1 aromatic carbocycles. The fourth-order valence-electron chi connectivity index (χ4n) is 3.62. The number of furan rings is 1. The third-order valence-electron chi connectivity index (χ3n) is 4.99. The van der Waals surface area contributed by atoms with E-state index in [9.17, 15) is 0 Å². The Morgan fingerprint density at radius 3 is 2.72 bits per heavy atom. The van der Waals surface area contributed by atoms with Gasteiger partial charge in [-0.05, 0) is 55.0 Å². The quantitative estimate of drug-likeness (QED) is 0.381. The summed E-state index contributed by atoms with van der Waals surface area (Å²) < 4.78 is 12.6. The number of nitrogens with one attached hydrogen (secondary N) is 1. The van der Waals surface area contributed by atoms with Crippen molar-refractivity contribution in [2.45, 2.75) is 18.5 Å². The van der Waals surface area contributed by atoms with Crippen molar-refractivity contribution in [1.82, 2.24) is 15.2 Å². The van der Waals surface area contributed by atoms with Gasteiger partial charge in [-0.1, -0.05) is 34.1 Å². The van der Waals surface area contributed by atoms with Crippen molar-refractivity contribution in [3.05, 3.63) is 76.7 Å². The van der Waals surface area contributed by atoms with Gasteiger partial charge >= 0.3 is 0 Å². The van der Waals surface area contributed by atoms with E-state index in [1.54, 1.807) is 13.3 Å². The second kappa shape index (κ2) is 9.07. The minimum Gasteiger partial charge on any atom is -0.459 e. The molecular weight excluding hydrogens is 450 g/mol. The third-order valence-corrected chi connectivity index (χ3v) is 5.87. The van der Waals surface area contributed by atoms with Crippen LogP contribution in [-0.2, 0) is 4.74 Å². The molecule has 2 atom stereocenters. The highest BCUT2D eigenvalue weighted by Crippen LogP contribution is 2.40. The predicted octanol–water partition coefficient (Wildman–Crippen LogP) is 5.11. The largest absolute Gasteiger partial charge is 0.459 e. The molecule has 1 aliphatic rings. The molecule has 0 aliphatic carbocycles. The number of hydrogen-bond donors (Lipinski definition) is 1. The van der Waals surface area contributed by atoms with E-state index in [1.807, 2.05) is 54.6 Å². The van der Waals surface area contributed by atoms with Crippen LogP contribution >= 0.6 is 28.1 Å².